The van der Waals surface area contributed by atoms with E-state index in [-0.39, 0.29) is 6.54 Å². The number of benzene rings is 1. The molecule has 0 unspecified atom stereocenters. The number of alkyl halides is 1. The Balaban J connectivity index is 2.81. The Morgan fingerprint density at radius 3 is 2.27 bits per heavy atom. The van der Waals surface area contributed by atoms with Crippen LogP contribution in [0.2, 0.25) is 0 Å². The molecule has 0 amide bonds. The first-order valence-electron chi connectivity index (χ1n) is 3.43. The molecule has 0 aromatic heterocycles. The van der Waals surface area contributed by atoms with Crippen LogP contribution in [0.15, 0.2) is 24.3 Å². The largest absolute Gasteiger partial charge is 0.399 e. The molecule has 1 aromatic rings. The van der Waals surface area contributed by atoms with Crippen molar-refractivity contribution >= 4 is 5.69 Å². The third-order valence-corrected chi connectivity index (χ3v) is 1.51. The lowest BCUT2D eigenvalue weighted by Gasteiger charge is -2.04. The van der Waals surface area contributed by atoms with Gasteiger partial charge < -0.3 is 11.5 Å². The molecule has 0 aliphatic carbocycles. The van der Waals surface area contributed by atoms with Crippen LogP contribution in [0.25, 0.3) is 0 Å². The fourth-order valence-electron chi connectivity index (χ4n) is 0.841. The molecular weight excluding hydrogens is 143 g/mol. The van der Waals surface area contributed by atoms with E-state index in [1.807, 2.05) is 0 Å². The summed E-state index contributed by atoms with van der Waals surface area (Å²) < 4.78 is 12.8. The van der Waals surface area contributed by atoms with Gasteiger partial charge in [-0.25, -0.2) is 4.39 Å². The van der Waals surface area contributed by atoms with E-state index in [0.29, 0.717) is 11.3 Å². The van der Waals surface area contributed by atoms with Crippen molar-refractivity contribution < 1.29 is 4.39 Å². The number of rotatable bonds is 2. The van der Waals surface area contributed by atoms with E-state index < -0.39 is 6.17 Å². The predicted molar refractivity (Wildman–Crippen MR) is 43.8 cm³/mol. The Morgan fingerprint density at radius 1 is 1.27 bits per heavy atom. The Kier molecular flexibility index (Phi) is 2.44. The highest BCUT2D eigenvalue weighted by atomic mass is 19.1. The van der Waals surface area contributed by atoms with Gasteiger partial charge >= 0.3 is 0 Å². The Labute approximate surface area is 65.0 Å². The minimum atomic E-state index is -1.07. The van der Waals surface area contributed by atoms with Crippen LogP contribution in [0.1, 0.15) is 11.7 Å². The van der Waals surface area contributed by atoms with Crippen molar-refractivity contribution in [3.63, 3.8) is 0 Å². The minimum absolute atomic E-state index is 0.0178. The maximum Gasteiger partial charge on any atom is 0.137 e. The summed E-state index contributed by atoms with van der Waals surface area (Å²) in [5.41, 5.74) is 11.8. The molecule has 0 saturated heterocycles. The molecule has 1 rings (SSSR count). The number of anilines is 1. The molecule has 11 heavy (non-hydrogen) atoms. The maximum atomic E-state index is 12.8. The van der Waals surface area contributed by atoms with Crippen molar-refractivity contribution in [3.05, 3.63) is 29.8 Å². The lowest BCUT2D eigenvalue weighted by Crippen LogP contribution is -2.07. The summed E-state index contributed by atoms with van der Waals surface area (Å²) >= 11 is 0. The Hall–Kier alpha value is -1.09. The second-order valence-corrected chi connectivity index (χ2v) is 2.37. The second-order valence-electron chi connectivity index (χ2n) is 2.37. The van der Waals surface area contributed by atoms with Crippen LogP contribution in [0.4, 0.5) is 10.1 Å². The van der Waals surface area contributed by atoms with Crippen molar-refractivity contribution in [2.75, 3.05) is 12.3 Å². The third kappa shape index (κ3) is 1.91. The van der Waals surface area contributed by atoms with Crippen molar-refractivity contribution in [1.82, 2.24) is 0 Å². The molecule has 0 bridgehead atoms. The number of nitrogen functional groups attached to an aromatic ring is 1. The fraction of sp³-hybridized carbons (Fsp3) is 0.250. The second kappa shape index (κ2) is 3.34. The molecule has 0 fully saturated rings. The highest BCUT2D eigenvalue weighted by Gasteiger charge is 2.05. The van der Waals surface area contributed by atoms with Gasteiger partial charge in [0, 0.05) is 12.2 Å². The summed E-state index contributed by atoms with van der Waals surface area (Å²) in [6, 6.07) is 6.62. The summed E-state index contributed by atoms with van der Waals surface area (Å²) in [6.07, 6.45) is -1.07. The molecule has 1 aromatic carbocycles. The van der Waals surface area contributed by atoms with Gasteiger partial charge in [-0.3, -0.25) is 0 Å². The lowest BCUT2D eigenvalue weighted by molar-refractivity contribution is 0.353. The first-order chi connectivity index (χ1) is 5.24. The molecule has 0 radical (unpaired) electrons. The molecule has 1 atom stereocenters. The fourth-order valence-corrected chi connectivity index (χ4v) is 0.841. The van der Waals surface area contributed by atoms with Gasteiger partial charge in [-0.2, -0.15) is 0 Å². The van der Waals surface area contributed by atoms with Crippen molar-refractivity contribution in [2.45, 2.75) is 6.17 Å². The smallest absolute Gasteiger partial charge is 0.137 e. The minimum Gasteiger partial charge on any atom is -0.399 e. The quantitative estimate of drug-likeness (QED) is 0.629. The van der Waals surface area contributed by atoms with Crippen molar-refractivity contribution in [1.29, 1.82) is 0 Å². The maximum absolute atomic E-state index is 12.8. The van der Waals surface area contributed by atoms with E-state index in [2.05, 4.69) is 0 Å². The highest BCUT2D eigenvalue weighted by molar-refractivity contribution is 5.39. The van der Waals surface area contributed by atoms with Gasteiger partial charge in [0.05, 0.1) is 0 Å². The number of halogens is 1. The molecule has 0 spiro atoms. The summed E-state index contributed by atoms with van der Waals surface area (Å²) in [5.74, 6) is 0. The van der Waals surface area contributed by atoms with E-state index >= 15 is 0 Å². The van der Waals surface area contributed by atoms with Gasteiger partial charge in [0.2, 0.25) is 0 Å². The van der Waals surface area contributed by atoms with Gasteiger partial charge in [-0.05, 0) is 17.7 Å². The SMILES string of the molecule is NC[C@@H](F)c1ccc(N)cc1. The van der Waals surface area contributed by atoms with Crippen molar-refractivity contribution in [3.8, 4) is 0 Å². The van der Waals surface area contributed by atoms with Crippen LogP contribution in [0.5, 0.6) is 0 Å². The molecule has 0 aliphatic rings. The molecule has 60 valence electrons. The van der Waals surface area contributed by atoms with Gasteiger partial charge in [0.15, 0.2) is 0 Å². The van der Waals surface area contributed by atoms with E-state index in [9.17, 15) is 4.39 Å². The highest BCUT2D eigenvalue weighted by Crippen LogP contribution is 2.16. The topological polar surface area (TPSA) is 52.0 Å². The lowest BCUT2D eigenvalue weighted by atomic mass is 10.1. The van der Waals surface area contributed by atoms with Gasteiger partial charge in [-0.15, -0.1) is 0 Å². The van der Waals surface area contributed by atoms with Crippen LogP contribution < -0.4 is 11.5 Å². The zero-order valence-electron chi connectivity index (χ0n) is 6.13. The summed E-state index contributed by atoms with van der Waals surface area (Å²) in [6.45, 7) is 0.0178. The Bertz CT molecular complexity index is 220. The van der Waals surface area contributed by atoms with Crippen LogP contribution >= 0.6 is 0 Å². The van der Waals surface area contributed by atoms with E-state index in [1.54, 1.807) is 24.3 Å². The first kappa shape index (κ1) is 8.01. The average molecular weight is 154 g/mol. The van der Waals surface area contributed by atoms with E-state index in [0.717, 1.165) is 0 Å². The van der Waals surface area contributed by atoms with Crippen LogP contribution in [0.3, 0.4) is 0 Å². The monoisotopic (exact) mass is 154 g/mol. The molecular formula is C8H11FN2. The molecule has 2 nitrogen and oxygen atoms in total. The van der Waals surface area contributed by atoms with Gasteiger partial charge in [-0.1, -0.05) is 12.1 Å². The predicted octanol–water partition coefficient (Wildman–Crippen LogP) is 1.24. The van der Waals surface area contributed by atoms with Crippen molar-refractivity contribution in [2.24, 2.45) is 5.73 Å². The third-order valence-electron chi connectivity index (χ3n) is 1.51. The van der Waals surface area contributed by atoms with Gasteiger partial charge in [0.1, 0.15) is 6.17 Å². The van der Waals surface area contributed by atoms with E-state index in [4.69, 9.17) is 11.5 Å². The first-order valence-corrected chi connectivity index (χ1v) is 3.43. The van der Waals surface area contributed by atoms with Crippen LogP contribution in [0, 0.1) is 0 Å². The molecule has 0 saturated carbocycles. The van der Waals surface area contributed by atoms with E-state index in [1.165, 1.54) is 0 Å². The summed E-state index contributed by atoms with van der Waals surface area (Å²) in [4.78, 5) is 0. The number of nitrogens with two attached hydrogens (primary N) is 2. The van der Waals surface area contributed by atoms with Crippen LogP contribution in [-0.4, -0.2) is 6.54 Å². The molecule has 0 aliphatic heterocycles. The van der Waals surface area contributed by atoms with Gasteiger partial charge in [0.25, 0.3) is 0 Å². The zero-order valence-corrected chi connectivity index (χ0v) is 6.13. The molecule has 3 heteroatoms. The zero-order chi connectivity index (χ0) is 8.27. The summed E-state index contributed by atoms with van der Waals surface area (Å²) in [7, 11) is 0. The number of hydrogen-bond acceptors (Lipinski definition) is 2. The van der Waals surface area contributed by atoms with Crippen LogP contribution in [-0.2, 0) is 0 Å². The molecule has 0 heterocycles. The number of hydrogen-bond donors (Lipinski definition) is 2. The normalized spacial score (nSPS) is 12.9. The molecule has 4 N–H and O–H groups in total. The summed E-state index contributed by atoms with van der Waals surface area (Å²) in [5, 5.41) is 0. The average Bonchev–Trinajstić information content (AvgIpc) is 2.05. The standard InChI is InChI=1S/C8H11FN2/c9-8(5-10)6-1-3-7(11)4-2-6/h1-4,8H,5,10-11H2/t8-/m1/s1. The Morgan fingerprint density at radius 2 is 1.82 bits per heavy atom.